The van der Waals surface area contributed by atoms with Crippen LogP contribution in [-0.4, -0.2) is 26.0 Å². The molecule has 1 fully saturated rings. The summed E-state index contributed by atoms with van der Waals surface area (Å²) in [6.07, 6.45) is -2.62. The lowest BCUT2D eigenvalue weighted by atomic mass is 10.0. The first-order chi connectivity index (χ1) is 10.1. The normalized spacial score (nSPS) is 32.0. The largest absolute Gasteiger partial charge is 0.385 e. The first-order valence-electron chi connectivity index (χ1n) is 7.12. The van der Waals surface area contributed by atoms with Crippen molar-refractivity contribution in [3.05, 3.63) is 47.5 Å². The summed E-state index contributed by atoms with van der Waals surface area (Å²) in [5.41, 5.74) is 0.958. The Bertz CT molecular complexity index is 660. The summed E-state index contributed by atoms with van der Waals surface area (Å²) < 4.78 is 28.7. The summed E-state index contributed by atoms with van der Waals surface area (Å²) in [5.74, 6) is -0.0752. The van der Waals surface area contributed by atoms with Gasteiger partial charge >= 0.3 is 0 Å². The second-order valence-corrected chi connectivity index (χ2v) is 5.76. The number of rotatable bonds is 3. The van der Waals surface area contributed by atoms with Gasteiger partial charge in [-0.05, 0) is 12.0 Å². The predicted octanol–water partition coefficient (Wildman–Crippen LogP) is 2.67. The van der Waals surface area contributed by atoms with Crippen LogP contribution in [-0.2, 0) is 0 Å². The van der Waals surface area contributed by atoms with Crippen LogP contribution < -0.4 is 0 Å². The van der Waals surface area contributed by atoms with Crippen molar-refractivity contribution in [1.29, 1.82) is 0 Å². The van der Waals surface area contributed by atoms with Crippen LogP contribution in [0.25, 0.3) is 0 Å². The summed E-state index contributed by atoms with van der Waals surface area (Å²) >= 11 is 0. The van der Waals surface area contributed by atoms with Crippen molar-refractivity contribution in [1.82, 2.24) is 14.8 Å². The van der Waals surface area contributed by atoms with Crippen LogP contribution in [0.4, 0.5) is 8.78 Å². The number of alkyl halides is 2. The topological polar surface area (TPSA) is 50.9 Å². The molecule has 1 saturated carbocycles. The van der Waals surface area contributed by atoms with E-state index in [2.05, 4.69) is 10.1 Å². The SMILES string of the molecule is OC(c1nc2n(n1)[C@H](c1ccccc1)C[C@@H]2F)[C@H]1C[C@@H]1F. The minimum absolute atomic E-state index is 0.137. The van der Waals surface area contributed by atoms with Crippen LogP contribution in [0.1, 0.15) is 48.4 Å². The van der Waals surface area contributed by atoms with Gasteiger partial charge in [-0.1, -0.05) is 30.3 Å². The maximum Gasteiger partial charge on any atom is 0.179 e. The highest BCUT2D eigenvalue weighted by Crippen LogP contribution is 2.45. The molecule has 21 heavy (non-hydrogen) atoms. The van der Waals surface area contributed by atoms with Crippen LogP contribution in [0, 0.1) is 5.92 Å². The Hall–Kier alpha value is -1.82. The van der Waals surface area contributed by atoms with E-state index in [0.717, 1.165) is 5.56 Å². The molecular weight excluding hydrogens is 276 g/mol. The van der Waals surface area contributed by atoms with Crippen molar-refractivity contribution >= 4 is 0 Å². The number of aliphatic hydroxyl groups excluding tert-OH is 1. The van der Waals surface area contributed by atoms with Gasteiger partial charge in [0.05, 0.1) is 6.04 Å². The average molecular weight is 291 g/mol. The highest BCUT2D eigenvalue weighted by Gasteiger charge is 2.46. The van der Waals surface area contributed by atoms with Gasteiger partial charge in [0.1, 0.15) is 12.3 Å². The molecule has 0 radical (unpaired) electrons. The van der Waals surface area contributed by atoms with E-state index in [1.54, 1.807) is 0 Å². The standard InChI is InChI=1S/C15H15F2N3O/c16-10-6-9(10)13(21)14-18-15-11(17)7-12(20(15)19-14)8-4-2-1-3-5-8/h1-5,9-13,21H,6-7H2/t9-,10-,11-,12-,13?/m0/s1. The van der Waals surface area contributed by atoms with Gasteiger partial charge in [-0.25, -0.2) is 18.4 Å². The minimum atomic E-state index is -1.20. The third-order valence-electron chi connectivity index (χ3n) is 4.29. The number of aromatic nitrogens is 3. The van der Waals surface area contributed by atoms with Gasteiger partial charge in [0, 0.05) is 12.3 Å². The van der Waals surface area contributed by atoms with Crippen molar-refractivity contribution < 1.29 is 13.9 Å². The van der Waals surface area contributed by atoms with E-state index in [4.69, 9.17) is 0 Å². The molecule has 1 unspecified atom stereocenters. The van der Waals surface area contributed by atoms with Crippen molar-refractivity contribution in [2.75, 3.05) is 0 Å². The summed E-state index contributed by atoms with van der Waals surface area (Å²) in [6, 6.07) is 9.31. The van der Waals surface area contributed by atoms with E-state index in [1.807, 2.05) is 30.3 Å². The highest BCUT2D eigenvalue weighted by molar-refractivity contribution is 5.24. The number of aliphatic hydroxyl groups is 1. The number of benzene rings is 1. The Balaban J connectivity index is 1.68. The van der Waals surface area contributed by atoms with E-state index < -0.39 is 24.4 Å². The lowest BCUT2D eigenvalue weighted by Gasteiger charge is -2.12. The Morgan fingerprint density at radius 2 is 1.90 bits per heavy atom. The second kappa shape index (κ2) is 4.59. The number of halogens is 2. The van der Waals surface area contributed by atoms with Crippen LogP contribution in [0.15, 0.2) is 30.3 Å². The Kier molecular flexibility index (Phi) is 2.82. The van der Waals surface area contributed by atoms with Crippen molar-refractivity contribution in [3.8, 4) is 0 Å². The van der Waals surface area contributed by atoms with Gasteiger partial charge in [-0.15, -0.1) is 0 Å². The molecule has 4 nitrogen and oxygen atoms in total. The summed E-state index contributed by atoms with van der Waals surface area (Å²) in [5, 5.41) is 14.3. The third-order valence-corrected chi connectivity index (χ3v) is 4.29. The lowest BCUT2D eigenvalue weighted by molar-refractivity contribution is 0.131. The molecule has 1 aliphatic heterocycles. The fourth-order valence-corrected chi connectivity index (χ4v) is 2.97. The van der Waals surface area contributed by atoms with Gasteiger partial charge in [0.15, 0.2) is 17.8 Å². The molecule has 0 bridgehead atoms. The van der Waals surface area contributed by atoms with Crippen molar-refractivity contribution in [2.24, 2.45) is 5.92 Å². The van der Waals surface area contributed by atoms with Crippen LogP contribution in [0.5, 0.6) is 0 Å². The summed E-state index contributed by atoms with van der Waals surface area (Å²) in [4.78, 5) is 4.10. The third kappa shape index (κ3) is 2.05. The Labute approximate surface area is 120 Å². The van der Waals surface area contributed by atoms with E-state index >= 15 is 0 Å². The number of fused-ring (bicyclic) bond motifs is 1. The van der Waals surface area contributed by atoms with Gasteiger partial charge in [-0.3, -0.25) is 0 Å². The molecule has 2 aliphatic rings. The molecule has 1 aromatic heterocycles. The molecule has 1 aliphatic carbocycles. The number of nitrogens with zero attached hydrogens (tertiary/aromatic N) is 3. The number of hydrogen-bond donors (Lipinski definition) is 1. The smallest absolute Gasteiger partial charge is 0.179 e. The van der Waals surface area contributed by atoms with E-state index in [-0.39, 0.29) is 17.7 Å². The average Bonchev–Trinajstić information content (AvgIpc) is 2.95. The van der Waals surface area contributed by atoms with E-state index in [0.29, 0.717) is 12.8 Å². The fourth-order valence-electron chi connectivity index (χ4n) is 2.97. The van der Waals surface area contributed by atoms with Gasteiger partial charge in [0.2, 0.25) is 0 Å². The first-order valence-corrected chi connectivity index (χ1v) is 7.12. The van der Waals surface area contributed by atoms with E-state index in [1.165, 1.54) is 4.68 Å². The molecule has 2 heterocycles. The number of hydrogen-bond acceptors (Lipinski definition) is 3. The maximum atomic E-state index is 14.1. The minimum Gasteiger partial charge on any atom is -0.385 e. The van der Waals surface area contributed by atoms with Crippen molar-refractivity contribution in [2.45, 2.75) is 37.3 Å². The van der Waals surface area contributed by atoms with Gasteiger partial charge in [-0.2, -0.15) is 5.10 Å². The molecule has 2 aromatic rings. The molecule has 0 spiro atoms. The molecule has 0 saturated heterocycles. The van der Waals surface area contributed by atoms with E-state index in [9.17, 15) is 13.9 Å². The molecule has 1 N–H and O–H groups in total. The lowest BCUT2D eigenvalue weighted by Crippen LogP contribution is -2.10. The second-order valence-electron chi connectivity index (χ2n) is 5.76. The predicted molar refractivity (Wildman–Crippen MR) is 71.0 cm³/mol. The zero-order valence-corrected chi connectivity index (χ0v) is 11.2. The summed E-state index contributed by atoms with van der Waals surface area (Å²) in [7, 11) is 0. The molecule has 4 rings (SSSR count). The Morgan fingerprint density at radius 3 is 2.57 bits per heavy atom. The molecule has 6 heteroatoms. The molecule has 1 aromatic carbocycles. The van der Waals surface area contributed by atoms with Gasteiger partial charge < -0.3 is 5.11 Å². The molecule has 5 atom stereocenters. The monoisotopic (exact) mass is 291 g/mol. The highest BCUT2D eigenvalue weighted by atomic mass is 19.1. The molecule has 0 amide bonds. The van der Waals surface area contributed by atoms with Crippen LogP contribution in [0.2, 0.25) is 0 Å². The van der Waals surface area contributed by atoms with Crippen molar-refractivity contribution in [3.63, 3.8) is 0 Å². The summed E-state index contributed by atoms with van der Waals surface area (Å²) in [6.45, 7) is 0. The zero-order valence-electron chi connectivity index (χ0n) is 11.2. The quantitative estimate of drug-likeness (QED) is 0.946. The van der Waals surface area contributed by atoms with Crippen LogP contribution >= 0.6 is 0 Å². The van der Waals surface area contributed by atoms with Gasteiger partial charge in [0.25, 0.3) is 0 Å². The Morgan fingerprint density at radius 1 is 1.19 bits per heavy atom. The maximum absolute atomic E-state index is 14.1. The fraction of sp³-hybridized carbons (Fsp3) is 0.467. The first kappa shape index (κ1) is 12.9. The zero-order chi connectivity index (χ0) is 14.6. The molecular formula is C15H15F2N3O. The van der Waals surface area contributed by atoms with Crippen LogP contribution in [0.3, 0.4) is 0 Å². The molecule has 110 valence electrons.